The Morgan fingerprint density at radius 2 is 1.94 bits per heavy atom. The van der Waals surface area contributed by atoms with Crippen molar-refractivity contribution >= 4 is 22.0 Å². The Labute approximate surface area is 110 Å². The molecule has 0 radical (unpaired) electrons. The Kier molecular flexibility index (Phi) is 3.64. The maximum absolute atomic E-state index is 5.37. The number of rotatable bonds is 3. The highest BCUT2D eigenvalue weighted by molar-refractivity contribution is 9.10. The highest BCUT2D eigenvalue weighted by atomic mass is 79.9. The Bertz CT molecular complexity index is 546. The number of halogens is 1. The molecule has 17 heavy (non-hydrogen) atoms. The quantitative estimate of drug-likeness (QED) is 0.791. The molecule has 0 spiro atoms. The van der Waals surface area contributed by atoms with Gasteiger partial charge in [0.25, 0.3) is 0 Å². The van der Waals surface area contributed by atoms with Crippen LogP contribution in [-0.2, 0) is 0 Å². The van der Waals surface area contributed by atoms with Crippen LogP contribution >= 0.6 is 15.9 Å². The van der Waals surface area contributed by atoms with Gasteiger partial charge in [-0.3, -0.25) is 0 Å². The summed E-state index contributed by atoms with van der Waals surface area (Å²) in [6.07, 6.45) is 1.84. The van der Waals surface area contributed by atoms with E-state index in [-0.39, 0.29) is 0 Å². The van der Waals surface area contributed by atoms with Crippen molar-refractivity contribution in [2.75, 3.05) is 7.11 Å². The summed E-state index contributed by atoms with van der Waals surface area (Å²) in [4.78, 5) is 0. The normalized spacial score (nSPS) is 10.0. The number of hydrogen-bond donors (Lipinski definition) is 0. The summed E-state index contributed by atoms with van der Waals surface area (Å²) < 4.78 is 6.41. The second kappa shape index (κ2) is 5.19. The minimum Gasteiger partial charge on any atom is -0.496 e. The third-order valence-corrected chi connectivity index (χ3v) is 3.03. The second-order valence-electron chi connectivity index (χ2n) is 3.68. The highest BCUT2D eigenvalue weighted by Gasteiger charge is 2.06. The molecular weight excluding hydrogens is 276 g/mol. The lowest BCUT2D eigenvalue weighted by Gasteiger charge is -2.09. The largest absolute Gasteiger partial charge is 0.496 e. The van der Waals surface area contributed by atoms with Gasteiger partial charge in [0.2, 0.25) is 0 Å². The van der Waals surface area contributed by atoms with Gasteiger partial charge >= 0.3 is 0 Å². The molecule has 1 nitrogen and oxygen atoms in total. The Morgan fingerprint density at radius 1 is 1.18 bits per heavy atom. The van der Waals surface area contributed by atoms with Crippen LogP contribution in [0.5, 0.6) is 5.75 Å². The number of para-hydroxylation sites is 1. The molecule has 0 saturated carbocycles. The summed E-state index contributed by atoms with van der Waals surface area (Å²) in [7, 11) is 1.69. The maximum atomic E-state index is 5.37. The molecule has 0 unspecified atom stereocenters. The van der Waals surface area contributed by atoms with Gasteiger partial charge in [-0.05, 0) is 35.4 Å². The first-order valence-electron chi connectivity index (χ1n) is 5.31. The molecule has 0 atom stereocenters. The predicted molar refractivity (Wildman–Crippen MR) is 76.2 cm³/mol. The van der Waals surface area contributed by atoms with E-state index >= 15 is 0 Å². The Hall–Kier alpha value is -1.54. The maximum Gasteiger partial charge on any atom is 0.126 e. The molecule has 0 aliphatic heterocycles. The topological polar surface area (TPSA) is 9.23 Å². The van der Waals surface area contributed by atoms with Crippen LogP contribution in [0.15, 0.2) is 53.5 Å². The molecule has 0 amide bonds. The first-order valence-corrected chi connectivity index (χ1v) is 6.10. The fourth-order valence-corrected chi connectivity index (χ4v) is 2.28. The van der Waals surface area contributed by atoms with E-state index in [1.807, 2.05) is 36.4 Å². The van der Waals surface area contributed by atoms with Crippen molar-refractivity contribution in [1.82, 2.24) is 0 Å². The Morgan fingerprint density at radius 3 is 2.65 bits per heavy atom. The molecule has 2 heteroatoms. The molecule has 0 aliphatic carbocycles. The summed E-state index contributed by atoms with van der Waals surface area (Å²) in [5, 5.41) is 0. The van der Waals surface area contributed by atoms with E-state index in [4.69, 9.17) is 4.74 Å². The van der Waals surface area contributed by atoms with Gasteiger partial charge in [-0.25, -0.2) is 0 Å². The van der Waals surface area contributed by atoms with Crippen molar-refractivity contribution in [3.8, 4) is 16.9 Å². The number of ether oxygens (including phenoxy) is 1. The van der Waals surface area contributed by atoms with Gasteiger partial charge in [0, 0.05) is 10.0 Å². The summed E-state index contributed by atoms with van der Waals surface area (Å²) in [5.74, 6) is 0.876. The van der Waals surface area contributed by atoms with Gasteiger partial charge in [-0.1, -0.05) is 46.8 Å². The molecule has 2 rings (SSSR count). The van der Waals surface area contributed by atoms with Crippen molar-refractivity contribution in [3.05, 3.63) is 59.1 Å². The van der Waals surface area contributed by atoms with Crippen LogP contribution in [0, 0.1) is 0 Å². The molecule has 0 fully saturated rings. The van der Waals surface area contributed by atoms with Crippen LogP contribution in [0.2, 0.25) is 0 Å². The lowest BCUT2D eigenvalue weighted by atomic mass is 10.0. The number of benzene rings is 2. The van der Waals surface area contributed by atoms with Crippen molar-refractivity contribution < 1.29 is 4.74 Å². The third kappa shape index (κ3) is 2.59. The first kappa shape index (κ1) is 11.9. The van der Waals surface area contributed by atoms with Gasteiger partial charge < -0.3 is 4.74 Å². The smallest absolute Gasteiger partial charge is 0.126 e. The zero-order valence-corrected chi connectivity index (χ0v) is 11.2. The summed E-state index contributed by atoms with van der Waals surface area (Å²) in [5.41, 5.74) is 3.28. The first-order chi connectivity index (χ1) is 8.24. The monoisotopic (exact) mass is 288 g/mol. The highest BCUT2D eigenvalue weighted by Crippen LogP contribution is 2.32. The zero-order chi connectivity index (χ0) is 12.3. The van der Waals surface area contributed by atoms with Crippen LogP contribution in [0.25, 0.3) is 17.2 Å². The number of hydrogen-bond acceptors (Lipinski definition) is 1. The van der Waals surface area contributed by atoms with Gasteiger partial charge in [0.15, 0.2) is 0 Å². The van der Waals surface area contributed by atoms with Crippen LogP contribution in [0.1, 0.15) is 5.56 Å². The fourth-order valence-electron chi connectivity index (χ4n) is 1.77. The zero-order valence-electron chi connectivity index (χ0n) is 9.61. The van der Waals surface area contributed by atoms with Crippen LogP contribution in [0.4, 0.5) is 0 Å². The molecule has 2 aromatic carbocycles. The Balaban J connectivity index is 2.59. The minimum atomic E-state index is 0.876. The van der Waals surface area contributed by atoms with Crippen molar-refractivity contribution in [2.45, 2.75) is 0 Å². The molecule has 2 aromatic rings. The molecular formula is C15H13BrO. The van der Waals surface area contributed by atoms with Gasteiger partial charge in [0.1, 0.15) is 5.75 Å². The van der Waals surface area contributed by atoms with E-state index in [9.17, 15) is 0 Å². The fraction of sp³-hybridized carbons (Fsp3) is 0.0667. The predicted octanol–water partition coefficient (Wildman–Crippen LogP) is 4.77. The molecule has 0 saturated heterocycles. The molecule has 0 N–H and O–H groups in total. The van der Waals surface area contributed by atoms with Gasteiger partial charge in [-0.15, -0.1) is 0 Å². The van der Waals surface area contributed by atoms with Crippen LogP contribution in [-0.4, -0.2) is 7.11 Å². The van der Waals surface area contributed by atoms with Crippen LogP contribution < -0.4 is 4.74 Å². The standard InChI is InChI=1S/C15H13BrO/c1-3-11-8-12(10-13(16)9-11)14-6-4-5-7-15(14)17-2/h3-10H,1H2,2H3. The molecule has 0 heterocycles. The van der Waals surface area contributed by atoms with Gasteiger partial charge in [0.05, 0.1) is 7.11 Å². The van der Waals surface area contributed by atoms with Crippen molar-refractivity contribution in [3.63, 3.8) is 0 Å². The van der Waals surface area contributed by atoms with E-state index < -0.39 is 0 Å². The SMILES string of the molecule is C=Cc1cc(Br)cc(-c2ccccc2OC)c1. The van der Waals surface area contributed by atoms with E-state index in [1.54, 1.807) is 7.11 Å². The van der Waals surface area contributed by atoms with E-state index in [0.717, 1.165) is 26.9 Å². The van der Waals surface area contributed by atoms with Crippen LogP contribution in [0.3, 0.4) is 0 Å². The third-order valence-electron chi connectivity index (χ3n) is 2.57. The average molecular weight is 289 g/mol. The van der Waals surface area contributed by atoms with E-state index in [2.05, 4.69) is 34.6 Å². The minimum absolute atomic E-state index is 0.876. The molecule has 86 valence electrons. The summed E-state index contributed by atoms with van der Waals surface area (Å²) in [6, 6.07) is 14.2. The van der Waals surface area contributed by atoms with Crippen molar-refractivity contribution in [1.29, 1.82) is 0 Å². The molecule has 0 bridgehead atoms. The molecule has 0 aromatic heterocycles. The molecule has 0 aliphatic rings. The lowest BCUT2D eigenvalue weighted by Crippen LogP contribution is -1.88. The van der Waals surface area contributed by atoms with E-state index in [0.29, 0.717) is 0 Å². The van der Waals surface area contributed by atoms with Gasteiger partial charge in [-0.2, -0.15) is 0 Å². The van der Waals surface area contributed by atoms with Crippen molar-refractivity contribution in [2.24, 2.45) is 0 Å². The summed E-state index contributed by atoms with van der Waals surface area (Å²) >= 11 is 3.51. The van der Waals surface area contributed by atoms with E-state index in [1.165, 1.54) is 0 Å². The second-order valence-corrected chi connectivity index (χ2v) is 4.59. The average Bonchev–Trinajstić information content (AvgIpc) is 2.37. The lowest BCUT2D eigenvalue weighted by molar-refractivity contribution is 0.416. The number of methoxy groups -OCH3 is 1. The summed E-state index contributed by atoms with van der Waals surface area (Å²) in [6.45, 7) is 3.80.